The fraction of sp³-hybridized carbons (Fsp3) is 0.138. The number of aromatic nitrogens is 1. The normalized spacial score (nSPS) is 11.4. The van der Waals surface area contributed by atoms with Gasteiger partial charge < -0.3 is 14.9 Å². The van der Waals surface area contributed by atoms with Crippen LogP contribution in [0.5, 0.6) is 0 Å². The van der Waals surface area contributed by atoms with E-state index in [0.717, 1.165) is 16.7 Å². The van der Waals surface area contributed by atoms with Crippen molar-refractivity contribution in [1.82, 2.24) is 4.98 Å². The predicted molar refractivity (Wildman–Crippen MR) is 143 cm³/mol. The predicted octanol–water partition coefficient (Wildman–Crippen LogP) is 5.46. The molecule has 0 spiro atoms. The van der Waals surface area contributed by atoms with Crippen LogP contribution in [0.1, 0.15) is 29.3 Å². The van der Waals surface area contributed by atoms with Crippen molar-refractivity contribution in [2.45, 2.75) is 12.5 Å². The second kappa shape index (κ2) is 11.8. The Morgan fingerprint density at radius 2 is 1.50 bits per heavy atom. The van der Waals surface area contributed by atoms with Crippen LogP contribution in [0.3, 0.4) is 0 Å². The number of carbonyl (C=O) groups is 1. The van der Waals surface area contributed by atoms with Gasteiger partial charge in [0.15, 0.2) is 11.7 Å². The van der Waals surface area contributed by atoms with Crippen LogP contribution in [0.25, 0.3) is 0 Å². The first-order chi connectivity index (χ1) is 17.7. The number of rotatable bonds is 10. The van der Waals surface area contributed by atoms with Gasteiger partial charge in [0.1, 0.15) is 11.2 Å². The van der Waals surface area contributed by atoms with E-state index in [-0.39, 0.29) is 18.9 Å². The third-order valence-corrected chi connectivity index (χ3v) is 6.19. The Hall–Kier alpha value is -4.41. The minimum Gasteiger partial charge on any atom is -0.461 e. The fourth-order valence-electron chi connectivity index (χ4n) is 3.90. The van der Waals surface area contributed by atoms with E-state index in [1.165, 1.54) is 11.3 Å². The van der Waals surface area contributed by atoms with E-state index in [9.17, 15) is 4.79 Å². The van der Waals surface area contributed by atoms with Gasteiger partial charge in [-0.1, -0.05) is 102 Å². The van der Waals surface area contributed by atoms with Crippen LogP contribution in [0.4, 0.5) is 5.13 Å². The number of hydrogen-bond acceptors (Lipinski definition) is 7. The highest BCUT2D eigenvalue weighted by Gasteiger charge is 2.37. The monoisotopic (exact) mass is 495 g/mol. The van der Waals surface area contributed by atoms with Crippen molar-refractivity contribution in [2.24, 2.45) is 5.16 Å². The van der Waals surface area contributed by atoms with Crippen molar-refractivity contribution < 1.29 is 14.4 Å². The van der Waals surface area contributed by atoms with Crippen LogP contribution in [-0.4, -0.2) is 29.9 Å². The van der Waals surface area contributed by atoms with Crippen LogP contribution < -0.4 is 5.32 Å². The molecule has 1 N–H and O–H groups in total. The summed E-state index contributed by atoms with van der Waals surface area (Å²) in [7, 11) is 0. The van der Waals surface area contributed by atoms with E-state index in [2.05, 4.69) is 52.8 Å². The molecule has 0 saturated heterocycles. The zero-order valence-corrected chi connectivity index (χ0v) is 20.6. The van der Waals surface area contributed by atoms with Gasteiger partial charge in [0, 0.05) is 5.38 Å². The van der Waals surface area contributed by atoms with E-state index in [0.29, 0.717) is 10.8 Å². The lowest BCUT2D eigenvalue weighted by atomic mass is 9.77. The zero-order valence-electron chi connectivity index (χ0n) is 19.8. The molecule has 0 aliphatic rings. The number of esters is 1. The highest BCUT2D eigenvalue weighted by Crippen LogP contribution is 2.40. The quantitative estimate of drug-likeness (QED) is 0.0789. The Morgan fingerprint density at radius 3 is 1.97 bits per heavy atom. The summed E-state index contributed by atoms with van der Waals surface area (Å²) in [4.78, 5) is 22.3. The third kappa shape index (κ3) is 5.29. The van der Waals surface area contributed by atoms with Crippen LogP contribution in [0.15, 0.2) is 102 Å². The summed E-state index contributed by atoms with van der Waals surface area (Å²) in [5.41, 5.74) is 2.66. The van der Waals surface area contributed by atoms with Crippen LogP contribution in [0.2, 0.25) is 0 Å². The maximum atomic E-state index is 12.6. The molecule has 0 bridgehead atoms. The van der Waals surface area contributed by atoms with E-state index in [4.69, 9.17) is 21.0 Å². The van der Waals surface area contributed by atoms with Crippen molar-refractivity contribution in [1.29, 1.82) is 0 Å². The van der Waals surface area contributed by atoms with E-state index >= 15 is 0 Å². The highest BCUT2D eigenvalue weighted by atomic mass is 32.1. The van der Waals surface area contributed by atoms with Crippen molar-refractivity contribution in [2.75, 3.05) is 18.5 Å². The number of ether oxygens (including phenoxy) is 1. The summed E-state index contributed by atoms with van der Waals surface area (Å²) in [5.74, 6) is 1.69. The largest absolute Gasteiger partial charge is 0.461 e. The molecular formula is C29H25N3O3S. The van der Waals surface area contributed by atoms with Gasteiger partial charge in [0.2, 0.25) is 5.71 Å². The summed E-state index contributed by atoms with van der Waals surface area (Å²) in [6.45, 7) is 1.85. The molecule has 0 aliphatic carbocycles. The summed E-state index contributed by atoms with van der Waals surface area (Å²) in [6, 6.07) is 30.6. The summed E-state index contributed by atoms with van der Waals surface area (Å²) >= 11 is 1.36. The molecule has 4 rings (SSSR count). The lowest BCUT2D eigenvalue weighted by Crippen LogP contribution is -2.38. The number of oxime groups is 1. The van der Waals surface area contributed by atoms with E-state index < -0.39 is 11.5 Å². The molecule has 6 nitrogen and oxygen atoms in total. The van der Waals surface area contributed by atoms with Crippen molar-refractivity contribution in [3.8, 4) is 12.3 Å². The molecular weight excluding hydrogens is 470 g/mol. The third-order valence-electron chi connectivity index (χ3n) is 5.43. The maximum absolute atomic E-state index is 12.6. The van der Waals surface area contributed by atoms with Crippen molar-refractivity contribution in [3.63, 3.8) is 0 Å². The summed E-state index contributed by atoms with van der Waals surface area (Å²) in [5, 5.41) is 9.92. The number of terminal acetylenes is 1. The Morgan fingerprint density at radius 1 is 0.972 bits per heavy atom. The van der Waals surface area contributed by atoms with Crippen LogP contribution >= 0.6 is 11.3 Å². The zero-order chi connectivity index (χ0) is 25.2. The fourth-order valence-corrected chi connectivity index (χ4v) is 4.65. The Bertz CT molecular complexity index is 1250. The standard InChI is InChI=1S/C29H25N3O3S/c1-3-20-35-32-26(27(33)34-4-2)25-21-36-28(30-25)31-29(22-14-8-5-9-15-22,23-16-10-6-11-17-23)24-18-12-7-13-19-24/h1,5-19,21H,4,20H2,2H3,(H,30,31)/b32-26-. The van der Waals surface area contributed by atoms with E-state index in [1.807, 2.05) is 54.6 Å². The lowest BCUT2D eigenvalue weighted by Gasteiger charge is -2.36. The van der Waals surface area contributed by atoms with Gasteiger partial charge in [-0.05, 0) is 23.6 Å². The molecule has 0 radical (unpaired) electrons. The Kier molecular flexibility index (Phi) is 8.12. The molecule has 36 heavy (non-hydrogen) atoms. The molecule has 180 valence electrons. The SMILES string of the molecule is C#CCO/N=C(\C(=O)OCC)c1csc(NC(c2ccccc2)(c2ccccc2)c2ccccc2)n1. The average molecular weight is 496 g/mol. The molecule has 0 aliphatic heterocycles. The number of benzene rings is 3. The van der Waals surface area contributed by atoms with Gasteiger partial charge in [-0.3, -0.25) is 0 Å². The first-order valence-corrected chi connectivity index (χ1v) is 12.3. The molecule has 0 saturated carbocycles. The van der Waals surface area contributed by atoms with Gasteiger partial charge in [-0.2, -0.15) is 0 Å². The van der Waals surface area contributed by atoms with Crippen molar-refractivity contribution in [3.05, 3.63) is 119 Å². The molecule has 4 aromatic rings. The molecule has 1 heterocycles. The van der Waals surface area contributed by atoms with E-state index in [1.54, 1.807) is 12.3 Å². The molecule has 1 aromatic heterocycles. The number of hydrogen-bond donors (Lipinski definition) is 1. The van der Waals surface area contributed by atoms with Crippen molar-refractivity contribution >= 4 is 28.1 Å². The van der Waals surface area contributed by atoms with Crippen LogP contribution in [-0.2, 0) is 19.9 Å². The molecule has 3 aromatic carbocycles. The highest BCUT2D eigenvalue weighted by molar-refractivity contribution is 7.14. The Balaban J connectivity index is 1.83. The minimum atomic E-state index is -0.750. The number of nitrogens with one attached hydrogen (secondary N) is 1. The average Bonchev–Trinajstić information content (AvgIpc) is 3.39. The molecule has 0 unspecified atom stereocenters. The topological polar surface area (TPSA) is 72.8 Å². The summed E-state index contributed by atoms with van der Waals surface area (Å²) in [6.07, 6.45) is 5.24. The molecule has 0 fully saturated rings. The van der Waals surface area contributed by atoms with Gasteiger partial charge in [-0.15, -0.1) is 17.8 Å². The van der Waals surface area contributed by atoms with Crippen LogP contribution in [0, 0.1) is 12.3 Å². The van der Waals surface area contributed by atoms with Gasteiger partial charge >= 0.3 is 5.97 Å². The van der Waals surface area contributed by atoms with Gasteiger partial charge in [-0.25, -0.2) is 9.78 Å². The van der Waals surface area contributed by atoms with Gasteiger partial charge in [0.25, 0.3) is 0 Å². The molecule has 0 amide bonds. The second-order valence-corrected chi connectivity index (χ2v) is 8.51. The minimum absolute atomic E-state index is 0.0406. The second-order valence-electron chi connectivity index (χ2n) is 7.65. The molecule has 0 atom stereocenters. The number of anilines is 1. The summed E-state index contributed by atoms with van der Waals surface area (Å²) < 4.78 is 5.15. The van der Waals surface area contributed by atoms with Gasteiger partial charge in [0.05, 0.1) is 6.61 Å². The Labute approximate surface area is 214 Å². The maximum Gasteiger partial charge on any atom is 0.362 e. The number of carbonyl (C=O) groups excluding carboxylic acids is 1. The number of nitrogens with zero attached hydrogens (tertiary/aromatic N) is 2. The lowest BCUT2D eigenvalue weighted by molar-refractivity contribution is -0.135. The first kappa shape index (κ1) is 24.7. The number of thiazole rings is 1. The first-order valence-electron chi connectivity index (χ1n) is 11.4. The molecule has 7 heteroatoms. The smallest absolute Gasteiger partial charge is 0.362 e.